The molecule has 0 heterocycles. The Morgan fingerprint density at radius 2 is 1.45 bits per heavy atom. The van der Waals surface area contributed by atoms with E-state index in [0.717, 1.165) is 23.5 Å². The lowest BCUT2D eigenvalue weighted by Gasteiger charge is -2.18. The fraction of sp³-hybridized carbons (Fsp3) is 1.00. The summed E-state index contributed by atoms with van der Waals surface area (Å²) in [5.74, 6) is 3.30. The van der Waals surface area contributed by atoms with Gasteiger partial charge in [-0.3, -0.25) is 0 Å². The molecule has 1 heteroatoms. The molecule has 0 bridgehead atoms. The van der Waals surface area contributed by atoms with Gasteiger partial charge >= 0.3 is 0 Å². The third-order valence-corrected chi connectivity index (χ3v) is 2.96. The van der Waals surface area contributed by atoms with Gasteiger partial charge in [-0.2, -0.15) is 0 Å². The fourth-order valence-corrected chi connectivity index (χ4v) is 1.37. The maximum Gasteiger partial charge on any atom is 0.00652 e. The summed E-state index contributed by atoms with van der Waals surface area (Å²) in [5.41, 5.74) is 0. The van der Waals surface area contributed by atoms with Crippen molar-refractivity contribution in [2.75, 3.05) is 5.75 Å². The molecule has 0 aliphatic heterocycles. The van der Waals surface area contributed by atoms with Crippen LogP contribution in [0, 0.1) is 17.8 Å². The van der Waals surface area contributed by atoms with Crippen LogP contribution < -0.4 is 0 Å². The van der Waals surface area contributed by atoms with Gasteiger partial charge in [0.2, 0.25) is 0 Å². The van der Waals surface area contributed by atoms with Gasteiger partial charge in [-0.15, -0.1) is 0 Å². The molecule has 0 fully saturated rings. The summed E-state index contributed by atoms with van der Waals surface area (Å²) in [6.07, 6.45) is 2.69. The number of hydrogen-bond donors (Lipinski definition) is 0. The molecule has 2 atom stereocenters. The van der Waals surface area contributed by atoms with Gasteiger partial charge in [-0.1, -0.05) is 53.2 Å². The molecule has 0 nitrogen and oxygen atoms in total. The van der Waals surface area contributed by atoms with Crippen LogP contribution in [0.1, 0.15) is 40.5 Å². The first-order valence-corrected chi connectivity index (χ1v) is 5.23. The zero-order valence-electron chi connectivity index (χ0n) is 8.26. The van der Waals surface area contributed by atoms with E-state index in [0.29, 0.717) is 0 Å². The summed E-state index contributed by atoms with van der Waals surface area (Å²) in [6, 6.07) is 0. The summed E-state index contributed by atoms with van der Waals surface area (Å²) in [7, 11) is 0. The highest BCUT2D eigenvalue weighted by Crippen LogP contribution is 2.20. The molecule has 0 amide bonds. The van der Waals surface area contributed by atoms with Crippen LogP contribution in [0.4, 0.5) is 0 Å². The van der Waals surface area contributed by atoms with Gasteiger partial charge in [-0.25, -0.2) is 0 Å². The van der Waals surface area contributed by atoms with Crippen molar-refractivity contribution >= 4 is 12.6 Å². The average Bonchev–Trinajstić information content (AvgIpc) is 1.98. The molecule has 0 aliphatic carbocycles. The predicted octanol–water partition coefficient (Wildman–Crippen LogP) is 3.89. The molecule has 0 aromatic carbocycles. The van der Waals surface area contributed by atoms with Crippen molar-refractivity contribution in [3.8, 4) is 0 Å². The quantitative estimate of drug-likeness (QED) is 0.591. The Kier molecular flexibility index (Phi) is 6.12. The SMILES string of the molecule is CC(C)CCC(C)C(C)C[S]. The summed E-state index contributed by atoms with van der Waals surface area (Å²) in [5, 5.41) is 0. The smallest absolute Gasteiger partial charge is 0.00652 e. The van der Waals surface area contributed by atoms with E-state index < -0.39 is 0 Å². The van der Waals surface area contributed by atoms with E-state index in [9.17, 15) is 0 Å². The molecule has 0 aromatic rings. The van der Waals surface area contributed by atoms with Crippen LogP contribution >= 0.6 is 12.6 Å². The molecular formula is C10H21S. The minimum absolute atomic E-state index is 0.726. The molecule has 0 aromatic heterocycles. The minimum Gasteiger partial charge on any atom is -0.0939 e. The average molecular weight is 173 g/mol. The maximum absolute atomic E-state index is 5.03. The largest absolute Gasteiger partial charge is 0.0939 e. The first-order valence-electron chi connectivity index (χ1n) is 4.66. The number of rotatable bonds is 5. The summed E-state index contributed by atoms with van der Waals surface area (Å²) in [4.78, 5) is 0. The van der Waals surface area contributed by atoms with Gasteiger partial charge in [0, 0.05) is 5.75 Å². The highest BCUT2D eigenvalue weighted by molar-refractivity contribution is 7.80. The lowest BCUT2D eigenvalue weighted by atomic mass is 9.90. The van der Waals surface area contributed by atoms with Crippen LogP contribution in [-0.2, 0) is 0 Å². The Hall–Kier alpha value is 0.350. The van der Waals surface area contributed by atoms with Crippen molar-refractivity contribution in [2.24, 2.45) is 17.8 Å². The zero-order chi connectivity index (χ0) is 8.85. The van der Waals surface area contributed by atoms with Crippen LogP contribution in [0.2, 0.25) is 0 Å². The summed E-state index contributed by atoms with van der Waals surface area (Å²) < 4.78 is 0. The van der Waals surface area contributed by atoms with Crippen molar-refractivity contribution < 1.29 is 0 Å². The Labute approximate surface area is 77.2 Å². The highest BCUT2D eigenvalue weighted by atomic mass is 32.1. The molecule has 0 N–H and O–H groups in total. The highest BCUT2D eigenvalue weighted by Gasteiger charge is 2.10. The van der Waals surface area contributed by atoms with Gasteiger partial charge < -0.3 is 0 Å². The second kappa shape index (κ2) is 5.93. The maximum atomic E-state index is 5.03. The van der Waals surface area contributed by atoms with Crippen LogP contribution in [0.15, 0.2) is 0 Å². The van der Waals surface area contributed by atoms with Crippen molar-refractivity contribution in [3.05, 3.63) is 0 Å². The van der Waals surface area contributed by atoms with Gasteiger partial charge in [0.1, 0.15) is 0 Å². The molecule has 0 saturated carbocycles. The first kappa shape index (κ1) is 11.4. The van der Waals surface area contributed by atoms with E-state index >= 15 is 0 Å². The van der Waals surface area contributed by atoms with Gasteiger partial charge in [0.25, 0.3) is 0 Å². The molecule has 0 aliphatic rings. The molecular weight excluding hydrogens is 152 g/mol. The second-order valence-electron chi connectivity index (χ2n) is 4.09. The zero-order valence-corrected chi connectivity index (χ0v) is 9.08. The molecule has 67 valence electrons. The summed E-state index contributed by atoms with van der Waals surface area (Å²) in [6.45, 7) is 9.15. The first-order chi connectivity index (χ1) is 5.07. The van der Waals surface area contributed by atoms with Crippen molar-refractivity contribution in [2.45, 2.75) is 40.5 Å². The predicted molar refractivity (Wildman–Crippen MR) is 54.9 cm³/mol. The van der Waals surface area contributed by atoms with Crippen LogP contribution in [0.25, 0.3) is 0 Å². The Morgan fingerprint density at radius 1 is 0.909 bits per heavy atom. The Morgan fingerprint density at radius 3 is 1.82 bits per heavy atom. The standard InChI is InChI=1S/C10H21S/c1-8(2)5-6-9(3)10(4)7-11/h8-10H,5-7H2,1-4H3. The molecule has 2 unspecified atom stereocenters. The Balaban J connectivity index is 3.43. The van der Waals surface area contributed by atoms with E-state index in [-0.39, 0.29) is 0 Å². The fourth-order valence-electron chi connectivity index (χ4n) is 1.05. The Bertz CT molecular complexity index is 88.9. The van der Waals surface area contributed by atoms with E-state index in [1.165, 1.54) is 12.8 Å². The van der Waals surface area contributed by atoms with Gasteiger partial charge in [-0.05, 0) is 17.8 Å². The van der Waals surface area contributed by atoms with Crippen LogP contribution in [0.5, 0.6) is 0 Å². The topological polar surface area (TPSA) is 0 Å². The van der Waals surface area contributed by atoms with Crippen molar-refractivity contribution in [1.29, 1.82) is 0 Å². The van der Waals surface area contributed by atoms with Gasteiger partial charge in [0.05, 0.1) is 0 Å². The van der Waals surface area contributed by atoms with E-state index in [1.807, 2.05) is 0 Å². The minimum atomic E-state index is 0.726. The van der Waals surface area contributed by atoms with Crippen molar-refractivity contribution in [1.82, 2.24) is 0 Å². The lowest BCUT2D eigenvalue weighted by Crippen LogP contribution is -2.10. The normalized spacial score (nSPS) is 16.9. The van der Waals surface area contributed by atoms with Crippen molar-refractivity contribution in [3.63, 3.8) is 0 Å². The second-order valence-corrected chi connectivity index (χ2v) is 4.43. The lowest BCUT2D eigenvalue weighted by molar-refractivity contribution is 0.363. The number of hydrogen-bond acceptors (Lipinski definition) is 0. The van der Waals surface area contributed by atoms with E-state index in [2.05, 4.69) is 27.7 Å². The van der Waals surface area contributed by atoms with Crippen LogP contribution in [0.3, 0.4) is 0 Å². The van der Waals surface area contributed by atoms with E-state index in [1.54, 1.807) is 0 Å². The van der Waals surface area contributed by atoms with Crippen LogP contribution in [-0.4, -0.2) is 5.75 Å². The monoisotopic (exact) mass is 173 g/mol. The van der Waals surface area contributed by atoms with E-state index in [4.69, 9.17) is 12.6 Å². The third-order valence-electron chi connectivity index (χ3n) is 2.43. The summed E-state index contributed by atoms with van der Waals surface area (Å²) >= 11 is 5.03. The molecule has 0 saturated heterocycles. The van der Waals surface area contributed by atoms with Gasteiger partial charge in [0.15, 0.2) is 0 Å². The molecule has 11 heavy (non-hydrogen) atoms. The molecule has 0 rings (SSSR count). The molecule has 1 radical (unpaired) electrons. The molecule has 0 spiro atoms. The third kappa shape index (κ3) is 5.60.